The van der Waals surface area contributed by atoms with Crippen LogP contribution in [0.25, 0.3) is 11.0 Å². The standard InChI is InChI=1S/C13H17Cl2N3/c1-7(2)3-8(6-16)13-17-11-4-9(14)10(15)5-12(11)18-13/h4-5,7-8H,3,6,16H2,1-2H3,(H,17,18). The minimum absolute atomic E-state index is 0.245. The molecule has 0 amide bonds. The van der Waals surface area contributed by atoms with Crippen molar-refractivity contribution in [2.75, 3.05) is 6.54 Å². The minimum atomic E-state index is 0.245. The van der Waals surface area contributed by atoms with Gasteiger partial charge >= 0.3 is 0 Å². The second-order valence-corrected chi connectivity index (χ2v) is 5.78. The zero-order valence-electron chi connectivity index (χ0n) is 10.5. The first-order valence-electron chi connectivity index (χ1n) is 6.06. The number of hydrogen-bond acceptors (Lipinski definition) is 2. The number of nitrogens with one attached hydrogen (secondary N) is 1. The molecule has 0 bridgehead atoms. The monoisotopic (exact) mass is 285 g/mol. The van der Waals surface area contributed by atoms with E-state index in [1.165, 1.54) is 0 Å². The number of nitrogens with two attached hydrogens (primary N) is 1. The number of H-pyrrole nitrogens is 1. The smallest absolute Gasteiger partial charge is 0.111 e. The fourth-order valence-electron chi connectivity index (χ4n) is 2.11. The summed E-state index contributed by atoms with van der Waals surface area (Å²) in [7, 11) is 0. The van der Waals surface area contributed by atoms with Gasteiger partial charge in [0.25, 0.3) is 0 Å². The van der Waals surface area contributed by atoms with Gasteiger partial charge in [-0.1, -0.05) is 37.0 Å². The first kappa shape index (κ1) is 13.7. The van der Waals surface area contributed by atoms with Gasteiger partial charge in [0.1, 0.15) is 5.82 Å². The summed E-state index contributed by atoms with van der Waals surface area (Å²) in [5, 5.41) is 1.06. The maximum Gasteiger partial charge on any atom is 0.111 e. The van der Waals surface area contributed by atoms with Gasteiger partial charge in [-0.05, 0) is 24.5 Å². The Balaban J connectivity index is 2.39. The maximum absolute atomic E-state index is 5.99. The zero-order chi connectivity index (χ0) is 13.3. The van der Waals surface area contributed by atoms with Crippen LogP contribution in [0.1, 0.15) is 32.0 Å². The molecule has 3 nitrogen and oxygen atoms in total. The molecule has 1 atom stereocenters. The Bertz CT molecular complexity index is 509. The summed E-state index contributed by atoms with van der Waals surface area (Å²) >= 11 is 12.0. The van der Waals surface area contributed by atoms with Gasteiger partial charge in [0.2, 0.25) is 0 Å². The van der Waals surface area contributed by atoms with Crippen LogP contribution in [0.2, 0.25) is 10.0 Å². The van der Waals surface area contributed by atoms with E-state index in [0.717, 1.165) is 23.3 Å². The lowest BCUT2D eigenvalue weighted by Crippen LogP contribution is -2.15. The van der Waals surface area contributed by atoms with Crippen molar-refractivity contribution in [3.8, 4) is 0 Å². The lowest BCUT2D eigenvalue weighted by atomic mass is 9.97. The Kier molecular flexibility index (Phi) is 4.15. The largest absolute Gasteiger partial charge is 0.342 e. The van der Waals surface area contributed by atoms with Gasteiger partial charge in [0, 0.05) is 12.5 Å². The molecule has 98 valence electrons. The molecule has 0 aliphatic heterocycles. The van der Waals surface area contributed by atoms with E-state index in [1.807, 2.05) is 0 Å². The number of imidazole rings is 1. The summed E-state index contributed by atoms with van der Waals surface area (Å²) in [6, 6.07) is 3.58. The van der Waals surface area contributed by atoms with Gasteiger partial charge in [-0.2, -0.15) is 0 Å². The number of benzene rings is 1. The number of aromatic amines is 1. The predicted molar refractivity (Wildman–Crippen MR) is 77.4 cm³/mol. The highest BCUT2D eigenvalue weighted by molar-refractivity contribution is 6.42. The van der Waals surface area contributed by atoms with E-state index in [0.29, 0.717) is 22.5 Å². The van der Waals surface area contributed by atoms with Crippen LogP contribution in [-0.2, 0) is 0 Å². The maximum atomic E-state index is 5.99. The number of nitrogens with zero attached hydrogens (tertiary/aromatic N) is 1. The molecule has 1 aromatic carbocycles. The third-order valence-corrected chi connectivity index (χ3v) is 3.69. The van der Waals surface area contributed by atoms with Gasteiger partial charge in [-0.25, -0.2) is 4.98 Å². The van der Waals surface area contributed by atoms with E-state index < -0.39 is 0 Å². The molecule has 1 heterocycles. The van der Waals surface area contributed by atoms with Crippen LogP contribution in [0, 0.1) is 5.92 Å². The number of rotatable bonds is 4. The van der Waals surface area contributed by atoms with Crippen LogP contribution in [0.5, 0.6) is 0 Å². The molecule has 0 radical (unpaired) electrons. The van der Waals surface area contributed by atoms with Crippen LogP contribution in [0.4, 0.5) is 0 Å². The molecule has 5 heteroatoms. The van der Waals surface area contributed by atoms with Gasteiger partial charge in [0.15, 0.2) is 0 Å². The molecule has 0 aliphatic rings. The summed E-state index contributed by atoms with van der Waals surface area (Å²) in [6.07, 6.45) is 1.01. The first-order chi connectivity index (χ1) is 8.51. The zero-order valence-corrected chi connectivity index (χ0v) is 12.0. The van der Waals surface area contributed by atoms with Gasteiger partial charge < -0.3 is 10.7 Å². The average Bonchev–Trinajstić information content (AvgIpc) is 2.69. The Morgan fingerprint density at radius 2 is 1.94 bits per heavy atom. The van der Waals surface area contributed by atoms with Crippen LogP contribution < -0.4 is 5.73 Å². The molecular formula is C13H17Cl2N3. The summed E-state index contributed by atoms with van der Waals surface area (Å²) in [4.78, 5) is 7.85. The second-order valence-electron chi connectivity index (χ2n) is 4.97. The molecule has 0 aliphatic carbocycles. The van der Waals surface area contributed by atoms with Gasteiger partial charge in [0.05, 0.1) is 21.1 Å². The molecule has 1 unspecified atom stereocenters. The summed E-state index contributed by atoms with van der Waals surface area (Å²) in [6.45, 7) is 4.94. The Labute approximate surface area is 117 Å². The van der Waals surface area contributed by atoms with E-state index in [1.54, 1.807) is 12.1 Å². The van der Waals surface area contributed by atoms with Crippen LogP contribution in [0.3, 0.4) is 0 Å². The number of halogens is 2. The Morgan fingerprint density at radius 3 is 2.56 bits per heavy atom. The molecule has 0 saturated carbocycles. The third-order valence-electron chi connectivity index (χ3n) is 2.97. The highest BCUT2D eigenvalue weighted by atomic mass is 35.5. The van der Waals surface area contributed by atoms with Crippen LogP contribution >= 0.6 is 23.2 Å². The van der Waals surface area contributed by atoms with E-state index in [-0.39, 0.29) is 5.92 Å². The van der Waals surface area contributed by atoms with Crippen molar-refractivity contribution < 1.29 is 0 Å². The lowest BCUT2D eigenvalue weighted by molar-refractivity contribution is 0.491. The quantitative estimate of drug-likeness (QED) is 0.893. The van der Waals surface area contributed by atoms with Crippen molar-refractivity contribution in [3.05, 3.63) is 28.0 Å². The fourth-order valence-corrected chi connectivity index (χ4v) is 2.43. The molecule has 2 aromatic rings. The highest BCUT2D eigenvalue weighted by Gasteiger charge is 2.16. The number of hydrogen-bond donors (Lipinski definition) is 2. The SMILES string of the molecule is CC(C)CC(CN)c1nc2cc(Cl)c(Cl)cc2[nH]1. The normalized spacial score (nSPS) is 13.4. The predicted octanol–water partition coefficient (Wildman–Crippen LogP) is 3.96. The molecule has 2 rings (SSSR count). The van der Waals surface area contributed by atoms with Crippen molar-refractivity contribution in [2.45, 2.75) is 26.2 Å². The molecule has 3 N–H and O–H groups in total. The van der Waals surface area contributed by atoms with Crippen molar-refractivity contribution >= 4 is 34.2 Å². The molecule has 0 saturated heterocycles. The average molecular weight is 286 g/mol. The van der Waals surface area contributed by atoms with Crippen molar-refractivity contribution in [2.24, 2.45) is 11.7 Å². The van der Waals surface area contributed by atoms with E-state index in [2.05, 4.69) is 23.8 Å². The van der Waals surface area contributed by atoms with Crippen molar-refractivity contribution in [1.82, 2.24) is 9.97 Å². The Morgan fingerprint density at radius 1 is 1.28 bits per heavy atom. The lowest BCUT2D eigenvalue weighted by Gasteiger charge is -2.14. The number of aromatic nitrogens is 2. The van der Waals surface area contributed by atoms with Crippen LogP contribution in [0.15, 0.2) is 12.1 Å². The molecule has 0 spiro atoms. The van der Waals surface area contributed by atoms with Gasteiger partial charge in [-0.15, -0.1) is 0 Å². The summed E-state index contributed by atoms with van der Waals surface area (Å²) in [5.74, 6) is 1.74. The first-order valence-corrected chi connectivity index (χ1v) is 6.81. The summed E-state index contributed by atoms with van der Waals surface area (Å²) in [5.41, 5.74) is 7.56. The molecule has 1 aromatic heterocycles. The second kappa shape index (κ2) is 5.47. The van der Waals surface area contributed by atoms with Crippen molar-refractivity contribution in [3.63, 3.8) is 0 Å². The summed E-state index contributed by atoms with van der Waals surface area (Å²) < 4.78 is 0. The fraction of sp³-hybridized carbons (Fsp3) is 0.462. The number of fused-ring (bicyclic) bond motifs is 1. The van der Waals surface area contributed by atoms with E-state index in [9.17, 15) is 0 Å². The van der Waals surface area contributed by atoms with Gasteiger partial charge in [-0.3, -0.25) is 0 Å². The molecule has 0 fully saturated rings. The molecular weight excluding hydrogens is 269 g/mol. The Hall–Kier alpha value is -0.770. The highest BCUT2D eigenvalue weighted by Crippen LogP contribution is 2.29. The van der Waals surface area contributed by atoms with Crippen molar-refractivity contribution in [1.29, 1.82) is 0 Å². The third kappa shape index (κ3) is 2.79. The van der Waals surface area contributed by atoms with E-state index in [4.69, 9.17) is 28.9 Å². The topological polar surface area (TPSA) is 54.7 Å². The minimum Gasteiger partial charge on any atom is -0.342 e. The molecule has 18 heavy (non-hydrogen) atoms. The van der Waals surface area contributed by atoms with Crippen LogP contribution in [-0.4, -0.2) is 16.5 Å². The van der Waals surface area contributed by atoms with E-state index >= 15 is 0 Å².